The number of nitrogens with zero attached hydrogens (tertiary/aromatic N) is 1. The first-order valence-corrected chi connectivity index (χ1v) is 45.4. The summed E-state index contributed by atoms with van der Waals surface area (Å²) in [5.74, 6) is 0. The first-order valence-electron chi connectivity index (χ1n) is 15.4. The first-order chi connectivity index (χ1) is 18.0. The Hall–Kier alpha value is -0.144. The summed E-state index contributed by atoms with van der Waals surface area (Å²) in [6, 6.07) is 16.0. The summed E-state index contributed by atoms with van der Waals surface area (Å²) in [6.45, 7) is 15.2. The zero-order chi connectivity index (χ0) is 29.7. The van der Waals surface area contributed by atoms with Gasteiger partial charge in [0.25, 0.3) is 0 Å². The summed E-state index contributed by atoms with van der Waals surface area (Å²) >= 11 is -7.16. The molecule has 212 valence electrons. The number of hydrogen-bond acceptors (Lipinski definition) is 1. The fourth-order valence-corrected chi connectivity index (χ4v) is 17.4. The van der Waals surface area contributed by atoms with Gasteiger partial charge in [-0.15, -0.1) is 0 Å². The molecule has 0 saturated carbocycles. The fourth-order valence-electron chi connectivity index (χ4n) is 7.55. The van der Waals surface area contributed by atoms with E-state index in [0.717, 1.165) is 0 Å². The molecule has 0 fully saturated rings. The van der Waals surface area contributed by atoms with Crippen LogP contribution in [0.5, 0.6) is 0 Å². The number of rotatable bonds is 3. The van der Waals surface area contributed by atoms with E-state index in [1.54, 1.807) is 44.1 Å². The van der Waals surface area contributed by atoms with Gasteiger partial charge in [-0.3, -0.25) is 0 Å². The zero-order valence-electron chi connectivity index (χ0n) is 27.9. The van der Waals surface area contributed by atoms with Crippen LogP contribution in [0.1, 0.15) is 74.9 Å². The van der Waals surface area contributed by atoms with Crippen molar-refractivity contribution in [3.05, 3.63) is 69.8 Å². The van der Waals surface area contributed by atoms with E-state index in [2.05, 4.69) is 127 Å². The average Bonchev–Trinajstić information content (AvgIpc) is 2.79. The van der Waals surface area contributed by atoms with Gasteiger partial charge >= 0.3 is 260 Å². The van der Waals surface area contributed by atoms with Crippen molar-refractivity contribution in [2.24, 2.45) is 0 Å². The van der Waals surface area contributed by atoms with Crippen molar-refractivity contribution in [3.8, 4) is 0 Å². The van der Waals surface area contributed by atoms with E-state index in [1.165, 1.54) is 17.1 Å². The standard InChI is InChI=1S/C27H24N.9CH3.3Sn/c1-25(2)16-10-7-12-18-22(16)28-23-17(25)11-8-13-19(23)27(5,6)21-15-9-14-20(24(21)28)26(18,3)4;;;;;;;;;;;;/h10-15H,1-6H3;9*1H3;;;. The summed E-state index contributed by atoms with van der Waals surface area (Å²) in [5, 5.41) is 0. The van der Waals surface area contributed by atoms with Gasteiger partial charge in [0, 0.05) is 0 Å². The molecular weight excluding hydrogens is 803 g/mol. The number of benzene rings is 3. The molecule has 0 saturated heterocycles. The number of anilines is 3. The van der Waals surface area contributed by atoms with Crippen molar-refractivity contribution in [2.75, 3.05) is 4.90 Å². The normalized spacial score (nSPS) is 19.4. The molecule has 1 nitrogen and oxygen atoms in total. The molecule has 0 atom stereocenters. The SMILES string of the molecule is CC1(C)c2c[c]([Sn]([CH3])([CH3])[CH3])cc3c2N2c4c1c[c]([Sn]([CH3])([CH3])[CH3])cc4C(C)(C)c1c[c]([Sn]([CH3])([CH3])[CH3])cc(c12)C3(C)C. The molecule has 3 aromatic carbocycles. The van der Waals surface area contributed by atoms with Gasteiger partial charge in [0.2, 0.25) is 0 Å². The molecule has 3 aromatic rings. The molecule has 0 spiro atoms. The first kappa shape index (κ1) is 29.9. The van der Waals surface area contributed by atoms with Gasteiger partial charge < -0.3 is 0 Å². The van der Waals surface area contributed by atoms with Crippen LogP contribution in [0.15, 0.2) is 36.4 Å². The molecule has 4 heteroatoms. The predicted molar refractivity (Wildman–Crippen MR) is 186 cm³/mol. The Labute approximate surface area is 257 Å². The maximum atomic E-state index is 2.79. The van der Waals surface area contributed by atoms with Crippen molar-refractivity contribution in [1.29, 1.82) is 0 Å². The van der Waals surface area contributed by atoms with Gasteiger partial charge in [-0.2, -0.15) is 0 Å². The Kier molecular flexibility index (Phi) is 6.37. The van der Waals surface area contributed by atoms with E-state index in [0.29, 0.717) is 0 Å². The third-order valence-corrected chi connectivity index (χ3v) is 27.9. The molecule has 3 aliphatic rings. The Bertz CT molecular complexity index is 1340. The van der Waals surface area contributed by atoms with Gasteiger partial charge in [-0.05, 0) is 0 Å². The fraction of sp³-hybridized carbons (Fsp3) is 0.500. The Morgan fingerprint density at radius 3 is 0.700 bits per heavy atom. The maximum absolute atomic E-state index is 2.79. The van der Waals surface area contributed by atoms with Crippen molar-refractivity contribution < 1.29 is 0 Å². The average molecular weight is 854 g/mol. The van der Waals surface area contributed by atoms with Crippen LogP contribution >= 0.6 is 0 Å². The van der Waals surface area contributed by atoms with Crippen molar-refractivity contribution >= 4 is 82.9 Å². The van der Waals surface area contributed by atoms with Crippen LogP contribution in [0.2, 0.25) is 44.5 Å². The Morgan fingerprint density at radius 2 is 0.550 bits per heavy atom. The van der Waals surface area contributed by atoms with Crippen LogP contribution in [0, 0.1) is 0 Å². The van der Waals surface area contributed by atoms with Crippen molar-refractivity contribution in [2.45, 2.75) is 102 Å². The minimum absolute atomic E-state index is 0.0338. The molecule has 0 unspecified atom stereocenters. The van der Waals surface area contributed by atoms with Crippen LogP contribution in [-0.4, -0.2) is 55.1 Å². The van der Waals surface area contributed by atoms with Gasteiger partial charge in [-0.25, -0.2) is 0 Å². The van der Waals surface area contributed by atoms with Crippen LogP contribution in [-0.2, 0) is 16.2 Å². The summed E-state index contributed by atoms with van der Waals surface area (Å²) in [6.07, 6.45) is 0. The molecule has 0 aromatic heterocycles. The summed E-state index contributed by atoms with van der Waals surface area (Å²) < 4.78 is 5.02. The quantitative estimate of drug-likeness (QED) is 0.239. The van der Waals surface area contributed by atoms with Crippen molar-refractivity contribution in [3.63, 3.8) is 0 Å². The Balaban J connectivity index is 1.87. The van der Waals surface area contributed by atoms with Crippen LogP contribution < -0.4 is 15.6 Å². The van der Waals surface area contributed by atoms with E-state index >= 15 is 0 Å². The molecule has 0 amide bonds. The molecule has 3 aliphatic heterocycles. The monoisotopic (exact) mass is 857 g/mol. The molecule has 6 rings (SSSR count). The second kappa shape index (κ2) is 8.52. The third kappa shape index (κ3) is 3.97. The Morgan fingerprint density at radius 1 is 0.375 bits per heavy atom. The molecule has 0 aliphatic carbocycles. The van der Waals surface area contributed by atoms with Gasteiger partial charge in [0.05, 0.1) is 0 Å². The second-order valence-electron chi connectivity index (χ2n) is 17.7. The van der Waals surface area contributed by atoms with Crippen LogP contribution in [0.25, 0.3) is 0 Å². The summed E-state index contributed by atoms with van der Waals surface area (Å²) in [7, 11) is 0. The molecule has 0 N–H and O–H groups in total. The van der Waals surface area contributed by atoms with E-state index in [4.69, 9.17) is 0 Å². The van der Waals surface area contributed by atoms with Gasteiger partial charge in [-0.1, -0.05) is 0 Å². The van der Waals surface area contributed by atoms with Gasteiger partial charge in [0.1, 0.15) is 0 Å². The van der Waals surface area contributed by atoms with Crippen LogP contribution in [0.3, 0.4) is 0 Å². The van der Waals surface area contributed by atoms with E-state index in [1.807, 2.05) is 0 Å². The molecule has 0 radical (unpaired) electrons. The minimum atomic E-state index is -2.39. The molecule has 3 heterocycles. The third-order valence-electron chi connectivity index (χ3n) is 10.6. The predicted octanol–water partition coefficient (Wildman–Crippen LogP) is 8.71. The van der Waals surface area contributed by atoms with E-state index < -0.39 is 55.1 Å². The summed E-state index contributed by atoms with van der Waals surface area (Å²) in [5.41, 5.74) is 13.8. The zero-order valence-corrected chi connectivity index (χ0v) is 36.5. The number of hydrogen-bond donors (Lipinski definition) is 0. The van der Waals surface area contributed by atoms with E-state index in [9.17, 15) is 0 Å². The summed E-state index contributed by atoms with van der Waals surface area (Å²) in [4.78, 5) is 26.1. The van der Waals surface area contributed by atoms with Crippen LogP contribution in [0.4, 0.5) is 17.1 Å². The van der Waals surface area contributed by atoms with Crippen molar-refractivity contribution in [1.82, 2.24) is 0 Å². The topological polar surface area (TPSA) is 3.24 Å². The molecule has 0 bridgehead atoms. The molecular formula is C36H51NSn3. The van der Waals surface area contributed by atoms with E-state index in [-0.39, 0.29) is 16.2 Å². The van der Waals surface area contributed by atoms with Gasteiger partial charge in [0.15, 0.2) is 0 Å². The molecule has 40 heavy (non-hydrogen) atoms. The second-order valence-corrected chi connectivity index (χ2v) is 61.2.